The average Bonchev–Trinajstić information content (AvgIpc) is 1.78. The fourth-order valence-electron chi connectivity index (χ4n) is 0.668. The summed E-state index contributed by atoms with van der Waals surface area (Å²) in [5.41, 5.74) is -0.0302. The number of rotatable bonds is 2. The molecule has 0 aliphatic carbocycles. The van der Waals surface area contributed by atoms with Gasteiger partial charge in [0, 0.05) is 0 Å². The topological polar surface area (TPSA) is 20.2 Å². The molecule has 0 fully saturated rings. The molecular formula is C10H22OSi. The number of allylic oxidation sites excluding steroid dienone is 1. The van der Waals surface area contributed by atoms with Crippen LogP contribution >= 0.6 is 0 Å². The molecule has 72 valence electrons. The van der Waals surface area contributed by atoms with E-state index >= 15 is 0 Å². The molecule has 0 aromatic heterocycles. The normalized spacial score (nSPS) is 16.9. The molecule has 0 unspecified atom stereocenters. The van der Waals surface area contributed by atoms with Gasteiger partial charge in [-0.2, -0.15) is 0 Å². The van der Waals surface area contributed by atoms with Crippen molar-refractivity contribution < 1.29 is 5.11 Å². The van der Waals surface area contributed by atoms with E-state index < -0.39 is 8.07 Å². The highest BCUT2D eigenvalue weighted by atomic mass is 28.3. The molecular weight excluding hydrogens is 164 g/mol. The second kappa shape index (κ2) is 3.75. The van der Waals surface area contributed by atoms with Gasteiger partial charge in [0.25, 0.3) is 0 Å². The van der Waals surface area contributed by atoms with Crippen molar-refractivity contribution >= 4 is 8.07 Å². The molecule has 1 N–H and O–H groups in total. The van der Waals surface area contributed by atoms with Gasteiger partial charge in [-0.1, -0.05) is 52.6 Å². The molecule has 1 atom stereocenters. The Kier molecular flexibility index (Phi) is 3.73. The van der Waals surface area contributed by atoms with Crippen LogP contribution in [-0.4, -0.2) is 18.9 Å². The Morgan fingerprint density at radius 1 is 1.17 bits per heavy atom. The van der Waals surface area contributed by atoms with Gasteiger partial charge in [-0.15, -0.1) is 0 Å². The van der Waals surface area contributed by atoms with Gasteiger partial charge in [0.15, 0.2) is 0 Å². The molecule has 2 heteroatoms. The molecule has 0 saturated carbocycles. The summed E-state index contributed by atoms with van der Waals surface area (Å²) in [7, 11) is -1.39. The van der Waals surface area contributed by atoms with Crippen LogP contribution in [0.1, 0.15) is 20.8 Å². The van der Waals surface area contributed by atoms with Crippen LogP contribution in [0, 0.1) is 5.41 Å². The third-order valence-corrected chi connectivity index (χ3v) is 3.63. The molecule has 0 aromatic carbocycles. The van der Waals surface area contributed by atoms with E-state index in [4.69, 9.17) is 0 Å². The smallest absolute Gasteiger partial charge is 0.0830 e. The summed E-state index contributed by atoms with van der Waals surface area (Å²) in [5, 5.41) is 9.72. The Bertz CT molecular complexity index is 160. The van der Waals surface area contributed by atoms with Crippen LogP contribution in [0.15, 0.2) is 12.2 Å². The number of aliphatic hydroxyl groups excluding tert-OH is 1. The van der Waals surface area contributed by atoms with Crippen LogP contribution in [0.2, 0.25) is 19.6 Å². The predicted octanol–water partition coefficient (Wildman–Crippen LogP) is 2.83. The van der Waals surface area contributed by atoms with E-state index in [0.29, 0.717) is 0 Å². The first-order valence-electron chi connectivity index (χ1n) is 4.50. The van der Waals surface area contributed by atoms with E-state index in [1.807, 2.05) is 6.08 Å². The number of hydrogen-bond donors (Lipinski definition) is 1. The summed E-state index contributed by atoms with van der Waals surface area (Å²) in [6, 6.07) is 0. The van der Waals surface area contributed by atoms with Crippen molar-refractivity contribution in [2.75, 3.05) is 0 Å². The van der Waals surface area contributed by atoms with Crippen molar-refractivity contribution in [1.29, 1.82) is 0 Å². The van der Waals surface area contributed by atoms with Gasteiger partial charge in [0.05, 0.1) is 13.8 Å². The average molecular weight is 186 g/mol. The van der Waals surface area contributed by atoms with Gasteiger partial charge < -0.3 is 5.11 Å². The summed E-state index contributed by atoms with van der Waals surface area (Å²) in [4.78, 5) is 0. The van der Waals surface area contributed by atoms with E-state index in [2.05, 4.69) is 46.5 Å². The first kappa shape index (κ1) is 11.9. The van der Waals surface area contributed by atoms with E-state index in [1.54, 1.807) is 0 Å². The lowest BCUT2D eigenvalue weighted by atomic mass is 9.96. The number of hydrogen-bond acceptors (Lipinski definition) is 1. The molecule has 12 heavy (non-hydrogen) atoms. The van der Waals surface area contributed by atoms with Crippen LogP contribution in [0.4, 0.5) is 0 Å². The first-order chi connectivity index (χ1) is 5.13. The molecule has 1 nitrogen and oxygen atoms in total. The Morgan fingerprint density at radius 3 is 1.83 bits per heavy atom. The zero-order valence-electron chi connectivity index (χ0n) is 9.18. The van der Waals surface area contributed by atoms with Crippen molar-refractivity contribution in [3.63, 3.8) is 0 Å². The van der Waals surface area contributed by atoms with Crippen molar-refractivity contribution in [2.24, 2.45) is 5.41 Å². The molecule has 0 amide bonds. The fourth-order valence-corrected chi connectivity index (χ4v) is 1.34. The highest BCUT2D eigenvalue weighted by Gasteiger charge is 2.22. The van der Waals surface area contributed by atoms with E-state index in [-0.39, 0.29) is 11.1 Å². The molecule has 0 spiro atoms. The third kappa shape index (κ3) is 5.55. The maximum absolute atomic E-state index is 9.72. The summed E-state index contributed by atoms with van der Waals surface area (Å²) < 4.78 is 0. The van der Waals surface area contributed by atoms with Crippen LogP contribution in [-0.2, 0) is 0 Å². The van der Waals surface area contributed by atoms with Gasteiger partial charge in [-0.05, 0) is 5.41 Å². The van der Waals surface area contributed by atoms with E-state index in [0.717, 1.165) is 0 Å². The monoisotopic (exact) mass is 186 g/mol. The molecule has 0 radical (unpaired) electrons. The molecule has 0 aromatic rings. The third-order valence-electron chi connectivity index (χ3n) is 1.67. The van der Waals surface area contributed by atoms with Crippen LogP contribution in [0.5, 0.6) is 0 Å². The van der Waals surface area contributed by atoms with Gasteiger partial charge >= 0.3 is 0 Å². The Morgan fingerprint density at radius 2 is 1.58 bits per heavy atom. The molecule has 0 bridgehead atoms. The van der Waals surface area contributed by atoms with Gasteiger partial charge in [0.1, 0.15) is 0 Å². The van der Waals surface area contributed by atoms with E-state index in [1.165, 1.54) is 0 Å². The minimum Gasteiger partial charge on any atom is -0.393 e. The van der Waals surface area contributed by atoms with Crippen LogP contribution < -0.4 is 0 Å². The van der Waals surface area contributed by atoms with Crippen molar-refractivity contribution in [3.05, 3.63) is 12.2 Å². The van der Waals surface area contributed by atoms with Gasteiger partial charge in [-0.25, -0.2) is 0 Å². The Labute approximate surface area is 77.5 Å². The summed E-state index contributed by atoms with van der Waals surface area (Å²) in [6.45, 7) is 12.9. The SMILES string of the molecule is CC(C)(C)/C=C/[C@H](O)[Si](C)(C)C. The van der Waals surface area contributed by atoms with Crippen LogP contribution in [0.3, 0.4) is 0 Å². The standard InChI is InChI=1S/C10H22OSi/c1-10(2,3)8-7-9(11)12(4,5)6/h7-9,11H,1-6H3/b8-7+/t9-/m1/s1. The Hall–Kier alpha value is -0.0831. The molecule has 0 aliphatic rings. The van der Waals surface area contributed by atoms with E-state index in [9.17, 15) is 5.11 Å². The lowest BCUT2D eigenvalue weighted by molar-refractivity contribution is 0.289. The van der Waals surface area contributed by atoms with Gasteiger partial charge in [0.2, 0.25) is 0 Å². The minimum atomic E-state index is -1.39. The first-order valence-corrected chi connectivity index (χ1v) is 8.08. The summed E-state index contributed by atoms with van der Waals surface area (Å²) in [5.74, 6) is 0. The van der Waals surface area contributed by atoms with Gasteiger partial charge in [-0.3, -0.25) is 0 Å². The zero-order chi connectivity index (χ0) is 9.99. The Balaban J connectivity index is 4.19. The summed E-state index contributed by atoms with van der Waals surface area (Å²) in [6.07, 6.45) is 4.04. The second-order valence-corrected chi connectivity index (χ2v) is 10.9. The van der Waals surface area contributed by atoms with Crippen LogP contribution in [0.25, 0.3) is 0 Å². The highest BCUT2D eigenvalue weighted by molar-refractivity contribution is 6.77. The maximum Gasteiger partial charge on any atom is 0.0830 e. The largest absolute Gasteiger partial charge is 0.393 e. The quantitative estimate of drug-likeness (QED) is 0.519. The summed E-state index contributed by atoms with van der Waals surface area (Å²) >= 11 is 0. The van der Waals surface area contributed by atoms with Crippen molar-refractivity contribution in [3.8, 4) is 0 Å². The zero-order valence-corrected chi connectivity index (χ0v) is 10.2. The fraction of sp³-hybridized carbons (Fsp3) is 0.800. The molecule has 0 saturated heterocycles. The predicted molar refractivity (Wildman–Crippen MR) is 57.9 cm³/mol. The molecule has 0 aliphatic heterocycles. The van der Waals surface area contributed by atoms with Crippen molar-refractivity contribution in [1.82, 2.24) is 0 Å². The highest BCUT2D eigenvalue weighted by Crippen LogP contribution is 2.17. The lowest BCUT2D eigenvalue weighted by Gasteiger charge is -2.22. The molecule has 0 heterocycles. The maximum atomic E-state index is 9.72. The van der Waals surface area contributed by atoms with Crippen molar-refractivity contribution in [2.45, 2.75) is 46.1 Å². The lowest BCUT2D eigenvalue weighted by Crippen LogP contribution is -2.36. The number of aliphatic hydroxyl groups is 1. The minimum absolute atomic E-state index is 0.181. The second-order valence-electron chi connectivity index (χ2n) is 5.54. The molecule has 0 rings (SSSR count).